The fourth-order valence-electron chi connectivity index (χ4n) is 2.18. The summed E-state index contributed by atoms with van der Waals surface area (Å²) in [5.74, 6) is -1.81. The molecule has 2 aromatic carbocycles. The number of rotatable bonds is 5. The summed E-state index contributed by atoms with van der Waals surface area (Å²) in [6.45, 7) is -0.0375. The molecule has 0 amide bonds. The molecular weight excluding hydrogens is 282 g/mol. The molecule has 0 heterocycles. The molecule has 1 unspecified atom stereocenters. The molecule has 0 saturated carbocycles. The molecule has 20 heavy (non-hydrogen) atoms. The van der Waals surface area contributed by atoms with Crippen LogP contribution in [0.25, 0.3) is 0 Å². The van der Waals surface area contributed by atoms with E-state index in [9.17, 15) is 13.9 Å². The number of halogens is 3. The van der Waals surface area contributed by atoms with Crippen molar-refractivity contribution in [1.82, 2.24) is 0 Å². The van der Waals surface area contributed by atoms with E-state index in [-0.39, 0.29) is 12.5 Å². The Bertz CT molecular complexity index is 586. The van der Waals surface area contributed by atoms with Crippen LogP contribution in [0.5, 0.6) is 0 Å². The molecule has 2 rings (SSSR count). The fraction of sp³-hybridized carbons (Fsp3) is 0.250. The molecule has 1 N–H and O–H groups in total. The second-order valence-corrected chi connectivity index (χ2v) is 5.20. The molecule has 0 radical (unpaired) electrons. The van der Waals surface area contributed by atoms with E-state index in [4.69, 9.17) is 11.6 Å². The van der Waals surface area contributed by atoms with E-state index in [1.807, 2.05) is 18.2 Å². The van der Waals surface area contributed by atoms with E-state index in [1.165, 1.54) is 12.1 Å². The quantitative estimate of drug-likeness (QED) is 0.884. The van der Waals surface area contributed by atoms with E-state index in [0.717, 1.165) is 11.6 Å². The molecule has 0 fully saturated rings. The summed E-state index contributed by atoms with van der Waals surface area (Å²) in [6, 6.07) is 11.2. The summed E-state index contributed by atoms with van der Waals surface area (Å²) < 4.78 is 26.0. The Morgan fingerprint density at radius 2 is 1.75 bits per heavy atom. The zero-order valence-electron chi connectivity index (χ0n) is 10.8. The van der Waals surface area contributed by atoms with Gasteiger partial charge >= 0.3 is 0 Å². The van der Waals surface area contributed by atoms with Crippen molar-refractivity contribution in [1.29, 1.82) is 0 Å². The third-order valence-electron chi connectivity index (χ3n) is 3.23. The van der Waals surface area contributed by atoms with Gasteiger partial charge in [0, 0.05) is 11.6 Å². The maximum Gasteiger partial charge on any atom is 0.159 e. The van der Waals surface area contributed by atoms with Crippen molar-refractivity contribution in [2.24, 2.45) is 5.92 Å². The van der Waals surface area contributed by atoms with Gasteiger partial charge < -0.3 is 5.11 Å². The molecule has 0 spiro atoms. The van der Waals surface area contributed by atoms with E-state index in [2.05, 4.69) is 0 Å². The van der Waals surface area contributed by atoms with Crippen molar-refractivity contribution >= 4 is 11.6 Å². The molecule has 0 aromatic heterocycles. The van der Waals surface area contributed by atoms with Crippen molar-refractivity contribution in [2.75, 3.05) is 6.61 Å². The first-order valence-electron chi connectivity index (χ1n) is 6.38. The van der Waals surface area contributed by atoms with Crippen molar-refractivity contribution in [3.05, 3.63) is 70.2 Å². The number of aliphatic hydroxyl groups is 1. The van der Waals surface area contributed by atoms with Gasteiger partial charge in [0.05, 0.1) is 0 Å². The Balaban J connectivity index is 2.09. The number of hydrogen-bond donors (Lipinski definition) is 1. The lowest BCUT2D eigenvalue weighted by Crippen LogP contribution is -2.13. The van der Waals surface area contributed by atoms with Crippen LogP contribution in [0.15, 0.2) is 42.5 Å². The van der Waals surface area contributed by atoms with E-state index >= 15 is 0 Å². The number of aliphatic hydroxyl groups excluding tert-OH is 1. The van der Waals surface area contributed by atoms with Gasteiger partial charge in [-0.15, -0.1) is 0 Å². The maximum absolute atomic E-state index is 13.2. The molecule has 1 atom stereocenters. The molecule has 0 bridgehead atoms. The summed E-state index contributed by atoms with van der Waals surface area (Å²) in [7, 11) is 0. The van der Waals surface area contributed by atoms with Gasteiger partial charge in [0.15, 0.2) is 11.6 Å². The summed E-state index contributed by atoms with van der Waals surface area (Å²) in [5, 5.41) is 10.1. The molecule has 0 aliphatic carbocycles. The van der Waals surface area contributed by atoms with E-state index in [1.54, 1.807) is 6.07 Å². The van der Waals surface area contributed by atoms with Crippen LogP contribution in [0.4, 0.5) is 8.78 Å². The molecule has 1 nitrogen and oxygen atoms in total. The maximum atomic E-state index is 13.2. The first-order valence-corrected chi connectivity index (χ1v) is 6.76. The Hall–Kier alpha value is -1.45. The smallest absolute Gasteiger partial charge is 0.159 e. The van der Waals surface area contributed by atoms with E-state index in [0.29, 0.717) is 23.4 Å². The predicted octanol–water partition coefficient (Wildman–Crippen LogP) is 4.01. The Morgan fingerprint density at radius 1 is 1.00 bits per heavy atom. The highest BCUT2D eigenvalue weighted by Gasteiger charge is 2.13. The van der Waals surface area contributed by atoms with Gasteiger partial charge in [-0.05, 0) is 48.1 Å². The molecule has 2 aromatic rings. The lowest BCUT2D eigenvalue weighted by molar-refractivity contribution is 0.225. The van der Waals surface area contributed by atoms with E-state index < -0.39 is 11.6 Å². The SMILES string of the molecule is OCC(Cc1ccc(F)c(F)c1)Cc1ccccc1Cl. The third-order valence-corrected chi connectivity index (χ3v) is 3.60. The van der Waals surface area contributed by atoms with Crippen LogP contribution in [0, 0.1) is 17.6 Å². The van der Waals surface area contributed by atoms with Crippen molar-refractivity contribution in [2.45, 2.75) is 12.8 Å². The lowest BCUT2D eigenvalue weighted by atomic mass is 9.93. The molecule has 106 valence electrons. The molecular formula is C16H15ClF2O. The zero-order valence-corrected chi connectivity index (χ0v) is 11.6. The fourth-order valence-corrected chi connectivity index (χ4v) is 2.39. The summed E-state index contributed by atoms with van der Waals surface area (Å²) >= 11 is 6.08. The van der Waals surface area contributed by atoms with Gasteiger partial charge in [-0.1, -0.05) is 35.9 Å². The second-order valence-electron chi connectivity index (χ2n) is 4.80. The van der Waals surface area contributed by atoms with Crippen LogP contribution in [0.3, 0.4) is 0 Å². The van der Waals surface area contributed by atoms with Gasteiger partial charge in [0.2, 0.25) is 0 Å². The van der Waals surface area contributed by atoms with Gasteiger partial charge in [0.25, 0.3) is 0 Å². The standard InChI is InChI=1S/C16H15ClF2O/c17-14-4-2-1-3-13(14)8-12(10-20)7-11-5-6-15(18)16(19)9-11/h1-6,9,12,20H,7-8,10H2. The average molecular weight is 297 g/mol. The minimum atomic E-state index is -0.864. The third kappa shape index (κ3) is 3.78. The monoisotopic (exact) mass is 296 g/mol. The van der Waals surface area contributed by atoms with Crippen molar-refractivity contribution < 1.29 is 13.9 Å². The predicted molar refractivity (Wildman–Crippen MR) is 75.8 cm³/mol. The highest BCUT2D eigenvalue weighted by Crippen LogP contribution is 2.21. The van der Waals surface area contributed by atoms with Crippen molar-refractivity contribution in [3.63, 3.8) is 0 Å². The van der Waals surface area contributed by atoms with Gasteiger partial charge in [-0.2, -0.15) is 0 Å². The zero-order chi connectivity index (χ0) is 14.5. The topological polar surface area (TPSA) is 20.2 Å². The molecule has 4 heteroatoms. The van der Waals surface area contributed by atoms with Crippen LogP contribution < -0.4 is 0 Å². The minimum Gasteiger partial charge on any atom is -0.396 e. The van der Waals surface area contributed by atoms with Crippen LogP contribution in [0.1, 0.15) is 11.1 Å². The molecule has 0 aliphatic rings. The first kappa shape index (κ1) is 14.9. The van der Waals surface area contributed by atoms with Crippen LogP contribution >= 0.6 is 11.6 Å². The Morgan fingerprint density at radius 3 is 2.40 bits per heavy atom. The molecule has 0 saturated heterocycles. The highest BCUT2D eigenvalue weighted by molar-refractivity contribution is 6.31. The Labute approximate surface area is 121 Å². The first-order chi connectivity index (χ1) is 9.60. The largest absolute Gasteiger partial charge is 0.396 e. The van der Waals surface area contributed by atoms with Gasteiger partial charge in [0.1, 0.15) is 0 Å². The minimum absolute atomic E-state index is 0.0375. The summed E-state index contributed by atoms with van der Waals surface area (Å²) in [6.07, 6.45) is 1.06. The second kappa shape index (κ2) is 6.82. The van der Waals surface area contributed by atoms with Gasteiger partial charge in [-0.3, -0.25) is 0 Å². The van der Waals surface area contributed by atoms with Crippen LogP contribution in [-0.4, -0.2) is 11.7 Å². The molecule has 0 aliphatic heterocycles. The van der Waals surface area contributed by atoms with Crippen LogP contribution in [0.2, 0.25) is 5.02 Å². The summed E-state index contributed by atoms with van der Waals surface area (Å²) in [5.41, 5.74) is 1.60. The van der Waals surface area contributed by atoms with Gasteiger partial charge in [-0.25, -0.2) is 8.78 Å². The summed E-state index contributed by atoms with van der Waals surface area (Å²) in [4.78, 5) is 0. The number of benzene rings is 2. The number of hydrogen-bond acceptors (Lipinski definition) is 1. The lowest BCUT2D eigenvalue weighted by Gasteiger charge is -2.15. The average Bonchev–Trinajstić information content (AvgIpc) is 2.44. The van der Waals surface area contributed by atoms with Crippen LogP contribution in [-0.2, 0) is 12.8 Å². The normalized spacial score (nSPS) is 12.4. The Kier molecular flexibility index (Phi) is 5.10. The highest BCUT2D eigenvalue weighted by atomic mass is 35.5. The van der Waals surface area contributed by atoms with Crippen molar-refractivity contribution in [3.8, 4) is 0 Å².